The van der Waals surface area contributed by atoms with Crippen molar-refractivity contribution in [2.75, 3.05) is 32.8 Å². The van der Waals surface area contributed by atoms with Crippen molar-refractivity contribution in [3.05, 3.63) is 71.5 Å². The predicted molar refractivity (Wildman–Crippen MR) is 148 cm³/mol. The molecule has 2 amide bonds. The Bertz CT molecular complexity index is 1350. The maximum Gasteiger partial charge on any atom is 0.258 e. The van der Waals surface area contributed by atoms with Gasteiger partial charge in [-0.2, -0.15) is 5.10 Å². The Kier molecular flexibility index (Phi) is 7.59. The predicted octanol–water partition coefficient (Wildman–Crippen LogP) is 2.55. The summed E-state index contributed by atoms with van der Waals surface area (Å²) in [5.41, 5.74) is 2.49. The Balaban J connectivity index is 1.24. The molecule has 0 unspecified atom stereocenters. The van der Waals surface area contributed by atoms with Crippen LogP contribution < -0.4 is 24.8 Å². The minimum Gasteiger partial charge on any atom is -0.493 e. The van der Waals surface area contributed by atoms with Crippen LogP contribution in [0.5, 0.6) is 17.2 Å². The molecular formula is C30H35N5O5. The van der Waals surface area contributed by atoms with Gasteiger partial charge in [-0.1, -0.05) is 12.1 Å². The third-order valence-corrected chi connectivity index (χ3v) is 7.61. The van der Waals surface area contributed by atoms with Crippen molar-refractivity contribution in [3.8, 4) is 17.2 Å². The molecule has 3 aliphatic heterocycles. The van der Waals surface area contributed by atoms with Crippen molar-refractivity contribution < 1.29 is 23.8 Å². The lowest BCUT2D eigenvalue weighted by molar-refractivity contribution is -0.123. The summed E-state index contributed by atoms with van der Waals surface area (Å²) in [6, 6.07) is 14.6. The third kappa shape index (κ3) is 6.56. The highest BCUT2D eigenvalue weighted by molar-refractivity contribution is 5.95. The Morgan fingerprint density at radius 3 is 2.65 bits per heavy atom. The minimum absolute atomic E-state index is 0.163. The van der Waals surface area contributed by atoms with Crippen LogP contribution in [0.3, 0.4) is 0 Å². The lowest BCUT2D eigenvalue weighted by Crippen LogP contribution is -2.45. The highest BCUT2D eigenvalue weighted by Crippen LogP contribution is 2.31. The summed E-state index contributed by atoms with van der Waals surface area (Å²) >= 11 is 0. The van der Waals surface area contributed by atoms with E-state index in [-0.39, 0.29) is 30.6 Å². The van der Waals surface area contributed by atoms with E-state index in [2.05, 4.69) is 20.6 Å². The highest BCUT2D eigenvalue weighted by atomic mass is 16.5. The highest BCUT2D eigenvalue weighted by Gasteiger charge is 2.36. The number of ether oxygens (including phenoxy) is 3. The second kappa shape index (κ2) is 11.6. The number of likely N-dealkylation sites (tertiary alicyclic amines) is 1. The number of amides is 2. The van der Waals surface area contributed by atoms with Crippen LogP contribution in [0.2, 0.25) is 0 Å². The van der Waals surface area contributed by atoms with Crippen LogP contribution in [-0.2, 0) is 17.9 Å². The summed E-state index contributed by atoms with van der Waals surface area (Å²) in [4.78, 5) is 28.3. The molecule has 1 saturated carbocycles. The molecule has 10 nitrogen and oxygen atoms in total. The standard InChI is InChI=1S/C30H35N5O5/c1-20-8-9-32-35(20)11-10-34-16-27-28(17-34)40-24-6-4-21(5-7-24)15-31-29(36)19-39-26-13-23(30(37)33-27)12-25(14-26)38-18-22-2-3-22/h4-9,12-14,22,27-28H,2-3,10-11,15-19H2,1H3,(H,31,36)(H,33,37)/t27-,28-/m0/s1. The van der Waals surface area contributed by atoms with Gasteiger partial charge in [-0.25, -0.2) is 0 Å². The first kappa shape index (κ1) is 26.2. The lowest BCUT2D eigenvalue weighted by Gasteiger charge is -2.22. The van der Waals surface area contributed by atoms with Crippen molar-refractivity contribution in [3.63, 3.8) is 0 Å². The maximum atomic E-state index is 13.6. The number of aromatic nitrogens is 2. The molecule has 40 heavy (non-hydrogen) atoms. The minimum atomic E-state index is -0.250. The van der Waals surface area contributed by atoms with Gasteiger partial charge < -0.3 is 24.8 Å². The number of nitrogens with one attached hydrogen (secondary N) is 2. The molecule has 210 valence electrons. The number of rotatable bonds is 6. The Hall–Kier alpha value is -4.05. The van der Waals surface area contributed by atoms with Gasteiger partial charge in [-0.3, -0.25) is 19.2 Å². The number of benzene rings is 2. The molecule has 1 aromatic heterocycles. The fourth-order valence-corrected chi connectivity index (χ4v) is 5.04. The Morgan fingerprint density at radius 1 is 1.02 bits per heavy atom. The fraction of sp³-hybridized carbons (Fsp3) is 0.433. The van der Waals surface area contributed by atoms with E-state index in [1.807, 2.05) is 48.1 Å². The van der Waals surface area contributed by atoms with E-state index in [0.29, 0.717) is 49.2 Å². The molecule has 2 atom stereocenters. The van der Waals surface area contributed by atoms with E-state index >= 15 is 0 Å². The average molecular weight is 546 g/mol. The summed E-state index contributed by atoms with van der Waals surface area (Å²) in [7, 11) is 0. The fourth-order valence-electron chi connectivity index (χ4n) is 5.04. The van der Waals surface area contributed by atoms with Crippen molar-refractivity contribution in [2.45, 2.75) is 45.0 Å². The molecule has 2 aromatic carbocycles. The zero-order valence-corrected chi connectivity index (χ0v) is 22.7. The molecule has 1 aliphatic carbocycles. The maximum absolute atomic E-state index is 13.6. The van der Waals surface area contributed by atoms with Gasteiger partial charge in [0.2, 0.25) is 0 Å². The van der Waals surface area contributed by atoms with Crippen molar-refractivity contribution >= 4 is 11.8 Å². The third-order valence-electron chi connectivity index (χ3n) is 7.61. The molecule has 0 spiro atoms. The van der Waals surface area contributed by atoms with Crippen LogP contribution >= 0.6 is 0 Å². The van der Waals surface area contributed by atoms with Crippen LogP contribution in [0.1, 0.15) is 34.5 Å². The first-order chi connectivity index (χ1) is 19.5. The molecule has 4 heterocycles. The number of fused-ring (bicyclic) bond motifs is 7. The number of hydrogen-bond donors (Lipinski definition) is 2. The van der Waals surface area contributed by atoms with Crippen molar-refractivity contribution in [1.29, 1.82) is 0 Å². The van der Waals surface area contributed by atoms with E-state index in [4.69, 9.17) is 14.2 Å². The van der Waals surface area contributed by atoms with Gasteiger partial charge in [0.25, 0.3) is 11.8 Å². The SMILES string of the molecule is Cc1ccnn1CCN1C[C@@H]2NC(=O)c3cc(cc(OCC4CC4)c3)OCC(=O)NCc3ccc(cc3)O[C@H]2C1. The number of aryl methyl sites for hydroxylation is 1. The van der Waals surface area contributed by atoms with Gasteiger partial charge in [0.15, 0.2) is 6.61 Å². The molecule has 1 saturated heterocycles. The van der Waals surface area contributed by atoms with Crippen molar-refractivity contribution in [1.82, 2.24) is 25.3 Å². The molecule has 2 fully saturated rings. The number of carbonyl (C=O) groups is 2. The first-order valence-electron chi connectivity index (χ1n) is 13.9. The monoisotopic (exact) mass is 545 g/mol. The van der Waals surface area contributed by atoms with Gasteiger partial charge in [-0.15, -0.1) is 0 Å². The summed E-state index contributed by atoms with van der Waals surface area (Å²) in [5.74, 6) is 1.75. The normalized spacial score (nSPS) is 21.5. The summed E-state index contributed by atoms with van der Waals surface area (Å²) in [5, 5.41) is 10.5. The van der Waals surface area contributed by atoms with Crippen LogP contribution in [0.4, 0.5) is 0 Å². The van der Waals surface area contributed by atoms with Gasteiger partial charge in [0.05, 0.1) is 19.2 Å². The van der Waals surface area contributed by atoms with Crippen molar-refractivity contribution in [2.24, 2.45) is 5.92 Å². The molecular weight excluding hydrogens is 510 g/mol. The van der Waals surface area contributed by atoms with Crippen LogP contribution in [-0.4, -0.2) is 71.5 Å². The van der Waals surface area contributed by atoms with Gasteiger partial charge in [0, 0.05) is 49.7 Å². The van der Waals surface area contributed by atoms with E-state index in [1.54, 1.807) is 18.2 Å². The van der Waals surface area contributed by atoms with Crippen LogP contribution in [0, 0.1) is 12.8 Å². The van der Waals surface area contributed by atoms with Gasteiger partial charge in [0.1, 0.15) is 23.4 Å². The average Bonchev–Trinajstić information content (AvgIpc) is 3.59. The van der Waals surface area contributed by atoms with Gasteiger partial charge in [-0.05, 0) is 61.6 Å². The molecule has 0 radical (unpaired) electrons. The van der Waals surface area contributed by atoms with Crippen LogP contribution in [0.25, 0.3) is 0 Å². The largest absolute Gasteiger partial charge is 0.493 e. The summed E-state index contributed by atoms with van der Waals surface area (Å²) in [6.45, 7) is 5.72. The topological polar surface area (TPSA) is 107 Å². The zero-order chi connectivity index (χ0) is 27.5. The van der Waals surface area contributed by atoms with E-state index in [0.717, 1.165) is 42.9 Å². The molecule has 10 heteroatoms. The Labute approximate surface area is 233 Å². The zero-order valence-electron chi connectivity index (χ0n) is 22.7. The molecule has 4 bridgehead atoms. The smallest absolute Gasteiger partial charge is 0.258 e. The molecule has 4 aliphatic rings. The molecule has 2 N–H and O–H groups in total. The summed E-state index contributed by atoms with van der Waals surface area (Å²) in [6.07, 6.45) is 3.88. The van der Waals surface area contributed by atoms with Gasteiger partial charge >= 0.3 is 0 Å². The van der Waals surface area contributed by atoms with E-state index < -0.39 is 0 Å². The summed E-state index contributed by atoms with van der Waals surface area (Å²) < 4.78 is 20.2. The Morgan fingerprint density at radius 2 is 1.88 bits per heavy atom. The van der Waals surface area contributed by atoms with Crippen LogP contribution in [0.15, 0.2) is 54.7 Å². The van der Waals surface area contributed by atoms with E-state index in [9.17, 15) is 9.59 Å². The second-order valence-electron chi connectivity index (χ2n) is 10.8. The molecule has 7 rings (SSSR count). The quantitative estimate of drug-likeness (QED) is 0.490. The second-order valence-corrected chi connectivity index (χ2v) is 10.8. The van der Waals surface area contributed by atoms with E-state index in [1.165, 1.54) is 0 Å². The lowest BCUT2D eigenvalue weighted by atomic mass is 10.1. The number of nitrogens with zero attached hydrogens (tertiary/aromatic N) is 3. The molecule has 3 aromatic rings. The number of carbonyl (C=O) groups excluding carboxylic acids is 2. The first-order valence-corrected chi connectivity index (χ1v) is 13.9. The number of hydrogen-bond acceptors (Lipinski definition) is 7.